The highest BCUT2D eigenvalue weighted by Gasteiger charge is 2.28. The predicted octanol–water partition coefficient (Wildman–Crippen LogP) is 7.26. The summed E-state index contributed by atoms with van der Waals surface area (Å²) in [7, 11) is 1.52. The Hall–Kier alpha value is -4.94. The minimum absolute atomic E-state index is 0.131. The molecule has 6 rings (SSSR count). The van der Waals surface area contributed by atoms with E-state index in [1.54, 1.807) is 29.2 Å². The summed E-state index contributed by atoms with van der Waals surface area (Å²) in [5.41, 5.74) is 1.33. The predicted molar refractivity (Wildman–Crippen MR) is 187 cm³/mol. The maximum atomic E-state index is 14.9. The van der Waals surface area contributed by atoms with Crippen molar-refractivity contribution in [2.24, 2.45) is 5.92 Å². The number of amides is 2. The molecule has 2 heterocycles. The van der Waals surface area contributed by atoms with Crippen molar-refractivity contribution in [3.63, 3.8) is 0 Å². The maximum Gasteiger partial charge on any atom is 0.410 e. The van der Waals surface area contributed by atoms with Crippen LogP contribution in [-0.4, -0.2) is 72.1 Å². The minimum atomic E-state index is -1.55. The highest BCUT2D eigenvalue weighted by Crippen LogP contribution is 2.34. The van der Waals surface area contributed by atoms with E-state index in [1.807, 2.05) is 25.5 Å². The molecule has 13 heteroatoms. The monoisotopic (exact) mass is 707 g/mol. The Morgan fingerprint density at radius 3 is 2.29 bits per heavy atom. The molecule has 1 saturated carbocycles. The second-order valence-electron chi connectivity index (χ2n) is 14.2. The number of carbonyl (C=O) groups excluding carboxylic acids is 2. The summed E-state index contributed by atoms with van der Waals surface area (Å²) < 4.78 is 62.4. The van der Waals surface area contributed by atoms with Gasteiger partial charge >= 0.3 is 6.09 Å². The van der Waals surface area contributed by atoms with Gasteiger partial charge in [0.2, 0.25) is 5.82 Å². The van der Waals surface area contributed by atoms with Crippen LogP contribution in [0.1, 0.15) is 68.4 Å². The molecule has 2 aliphatic rings. The third kappa shape index (κ3) is 8.51. The number of hydrogen-bond acceptors (Lipinski definition) is 7. The van der Waals surface area contributed by atoms with Crippen molar-refractivity contribution >= 4 is 28.6 Å². The number of anilines is 1. The Bertz CT molecular complexity index is 1860. The number of halogens is 3. The number of carbonyl (C=O) groups is 2. The largest absolute Gasteiger partial charge is 0.497 e. The van der Waals surface area contributed by atoms with Gasteiger partial charge in [0.1, 0.15) is 18.0 Å². The molecule has 4 aromatic rings. The molecular formula is C38H44F3N5O5. The van der Waals surface area contributed by atoms with Crippen LogP contribution < -0.4 is 19.7 Å². The summed E-state index contributed by atoms with van der Waals surface area (Å²) in [6.07, 6.45) is 5.06. The Morgan fingerprint density at radius 1 is 0.922 bits per heavy atom. The number of ether oxygens (including phenoxy) is 3. The Kier molecular flexibility index (Phi) is 10.6. The molecule has 0 unspecified atom stereocenters. The number of methoxy groups -OCH3 is 1. The summed E-state index contributed by atoms with van der Waals surface area (Å²) >= 11 is 0. The van der Waals surface area contributed by atoms with E-state index < -0.39 is 40.3 Å². The van der Waals surface area contributed by atoms with Gasteiger partial charge in [-0.1, -0.05) is 12.1 Å². The van der Waals surface area contributed by atoms with E-state index in [2.05, 4.69) is 34.6 Å². The van der Waals surface area contributed by atoms with E-state index in [1.165, 1.54) is 7.11 Å². The number of aromatic nitrogens is 2. The van der Waals surface area contributed by atoms with Crippen molar-refractivity contribution in [1.29, 1.82) is 0 Å². The van der Waals surface area contributed by atoms with Gasteiger partial charge < -0.3 is 29.3 Å². The molecule has 1 aliphatic carbocycles. The third-order valence-electron chi connectivity index (χ3n) is 9.45. The van der Waals surface area contributed by atoms with Crippen LogP contribution in [0.4, 0.5) is 23.7 Å². The molecule has 1 aromatic heterocycles. The minimum Gasteiger partial charge on any atom is -0.497 e. The lowest BCUT2D eigenvalue weighted by Gasteiger charge is -2.36. The van der Waals surface area contributed by atoms with E-state index >= 15 is 0 Å². The fourth-order valence-corrected chi connectivity index (χ4v) is 6.58. The average molecular weight is 708 g/mol. The maximum absolute atomic E-state index is 14.9. The lowest BCUT2D eigenvalue weighted by atomic mass is 9.86. The molecule has 2 amide bonds. The van der Waals surface area contributed by atoms with Crippen molar-refractivity contribution < 1.29 is 37.0 Å². The first kappa shape index (κ1) is 35.9. The zero-order valence-corrected chi connectivity index (χ0v) is 29.4. The number of benzene rings is 3. The van der Waals surface area contributed by atoms with Crippen LogP contribution in [0.2, 0.25) is 0 Å². The van der Waals surface area contributed by atoms with Crippen molar-refractivity contribution in [3.8, 4) is 11.5 Å². The van der Waals surface area contributed by atoms with Gasteiger partial charge in [0.25, 0.3) is 5.91 Å². The first-order valence-corrected chi connectivity index (χ1v) is 17.3. The first-order chi connectivity index (χ1) is 24.4. The quantitative estimate of drug-likeness (QED) is 0.183. The molecule has 10 nitrogen and oxygen atoms in total. The van der Waals surface area contributed by atoms with E-state index in [0.29, 0.717) is 43.6 Å². The van der Waals surface area contributed by atoms with Crippen LogP contribution in [-0.2, 0) is 11.3 Å². The first-order valence-electron chi connectivity index (χ1n) is 17.3. The highest BCUT2D eigenvalue weighted by atomic mass is 19.2. The zero-order chi connectivity index (χ0) is 36.3. The molecule has 0 radical (unpaired) electrons. The zero-order valence-electron chi connectivity index (χ0n) is 29.4. The van der Waals surface area contributed by atoms with E-state index in [9.17, 15) is 22.8 Å². The number of rotatable bonds is 9. The molecule has 2 fully saturated rings. The molecule has 0 bridgehead atoms. The normalized spacial score (nSPS) is 18.1. The number of nitrogens with zero attached hydrogens (tertiary/aromatic N) is 4. The van der Waals surface area contributed by atoms with Gasteiger partial charge in [0.15, 0.2) is 17.4 Å². The fourth-order valence-electron chi connectivity index (χ4n) is 6.58. The van der Waals surface area contributed by atoms with Gasteiger partial charge in [-0.2, -0.15) is 9.49 Å². The van der Waals surface area contributed by atoms with E-state index in [0.717, 1.165) is 42.3 Å². The summed E-state index contributed by atoms with van der Waals surface area (Å²) in [5.74, 6) is -5.18. The Labute approximate surface area is 295 Å². The molecule has 0 atom stereocenters. The van der Waals surface area contributed by atoms with Crippen molar-refractivity contribution in [3.05, 3.63) is 83.3 Å². The molecule has 3 aromatic carbocycles. The summed E-state index contributed by atoms with van der Waals surface area (Å²) in [6.45, 7) is 8.23. The summed E-state index contributed by atoms with van der Waals surface area (Å²) in [4.78, 5) is 29.3. The lowest BCUT2D eigenvalue weighted by molar-refractivity contribution is 0.0240. The third-order valence-corrected chi connectivity index (χ3v) is 9.45. The van der Waals surface area contributed by atoms with Crippen molar-refractivity contribution in [2.45, 2.75) is 64.7 Å². The topological polar surface area (TPSA) is 98.2 Å². The van der Waals surface area contributed by atoms with Crippen LogP contribution in [0.25, 0.3) is 10.9 Å². The fraction of sp³-hybridized carbons (Fsp3) is 0.447. The van der Waals surface area contributed by atoms with E-state index in [4.69, 9.17) is 19.3 Å². The lowest BCUT2D eigenvalue weighted by Crippen LogP contribution is -2.50. The number of nitrogens with one attached hydrogen (secondary N) is 1. The van der Waals surface area contributed by atoms with Crippen molar-refractivity contribution in [1.82, 2.24) is 20.0 Å². The van der Waals surface area contributed by atoms with Gasteiger partial charge in [0.05, 0.1) is 24.2 Å². The van der Waals surface area contributed by atoms with Gasteiger partial charge in [-0.3, -0.25) is 9.48 Å². The van der Waals surface area contributed by atoms with Crippen LogP contribution in [0.15, 0.2) is 54.7 Å². The second kappa shape index (κ2) is 15.1. The SMILES string of the molecule is COc1ccc(COc2c(F)cc(C(=O)NC[C@H]3CC[C@H](n4cc5ccc(N6CCN(C(=O)OC(C)(C)C)CC6)cc5n4)CC3)c(F)c2F)cc1. The molecule has 1 saturated heterocycles. The molecule has 0 spiro atoms. The summed E-state index contributed by atoms with van der Waals surface area (Å²) in [5, 5.41) is 8.60. The van der Waals surface area contributed by atoms with Gasteiger partial charge in [0, 0.05) is 50.0 Å². The molecule has 51 heavy (non-hydrogen) atoms. The van der Waals surface area contributed by atoms with Gasteiger partial charge in [-0.05, 0) is 94.3 Å². The smallest absolute Gasteiger partial charge is 0.410 e. The standard InChI is InChI=1S/C38H44F3N5O5/c1-38(2,3)51-37(48)45-17-15-44(16-18-45)28-12-9-26-22-46(43-32(26)19-28)27-10-5-24(6-11-27)21-42-36(47)30-20-31(39)35(34(41)33(30)40)50-23-25-7-13-29(49-4)14-8-25/h7-9,12-14,19-20,22,24,27H,5-6,10-11,15-18,21,23H2,1-4H3,(H,42,47)/t24-,27-. The Balaban J connectivity index is 0.986. The molecular weight excluding hydrogens is 663 g/mol. The average Bonchev–Trinajstić information content (AvgIpc) is 3.55. The number of hydrogen-bond donors (Lipinski definition) is 1. The molecule has 1 aliphatic heterocycles. The van der Waals surface area contributed by atoms with Crippen LogP contribution in [0, 0.1) is 23.4 Å². The van der Waals surface area contributed by atoms with E-state index in [-0.39, 0.29) is 31.2 Å². The second-order valence-corrected chi connectivity index (χ2v) is 14.2. The molecule has 1 N–H and O–H groups in total. The molecule has 272 valence electrons. The van der Waals surface area contributed by atoms with Crippen LogP contribution >= 0.6 is 0 Å². The van der Waals surface area contributed by atoms with Gasteiger partial charge in [-0.25, -0.2) is 13.6 Å². The summed E-state index contributed by atoms with van der Waals surface area (Å²) in [6, 6.07) is 13.8. The number of fused-ring (bicyclic) bond motifs is 1. The van der Waals surface area contributed by atoms with Crippen LogP contribution in [0.3, 0.4) is 0 Å². The number of piperazine rings is 1. The van der Waals surface area contributed by atoms with Crippen molar-refractivity contribution in [2.75, 3.05) is 44.7 Å². The van der Waals surface area contributed by atoms with Gasteiger partial charge in [-0.15, -0.1) is 0 Å². The highest BCUT2D eigenvalue weighted by molar-refractivity contribution is 5.94. The van der Waals surface area contributed by atoms with Crippen LogP contribution in [0.5, 0.6) is 11.5 Å². The Morgan fingerprint density at radius 2 is 1.63 bits per heavy atom.